The molecule has 2 aromatic carbocycles. The van der Waals surface area contributed by atoms with E-state index in [0.29, 0.717) is 29.7 Å². The summed E-state index contributed by atoms with van der Waals surface area (Å²) in [5.74, 6) is 1.23. The Kier molecular flexibility index (Phi) is 6.34. The molecule has 3 rings (SSSR count). The highest BCUT2D eigenvalue weighted by Crippen LogP contribution is 2.37. The number of thiophene rings is 1. The molecule has 3 aromatic rings. The van der Waals surface area contributed by atoms with Gasteiger partial charge in [-0.15, -0.1) is 11.3 Å². The fraction of sp³-hybridized carbons (Fsp3) is 0.200. The van der Waals surface area contributed by atoms with Crippen LogP contribution in [0.25, 0.3) is 0 Å². The number of benzene rings is 2. The van der Waals surface area contributed by atoms with Crippen LogP contribution >= 0.6 is 22.9 Å². The highest BCUT2D eigenvalue weighted by Gasteiger charge is 2.12. The maximum atomic E-state index is 6.43. The Morgan fingerprint density at radius 3 is 2.56 bits per heavy atom. The fourth-order valence-electron chi connectivity index (χ4n) is 2.49. The molecule has 0 bridgehead atoms. The van der Waals surface area contributed by atoms with E-state index in [-0.39, 0.29) is 0 Å². The third kappa shape index (κ3) is 4.98. The van der Waals surface area contributed by atoms with Gasteiger partial charge in [0.2, 0.25) is 0 Å². The number of rotatable bonds is 8. The van der Waals surface area contributed by atoms with Gasteiger partial charge in [0.05, 0.1) is 12.1 Å². The van der Waals surface area contributed by atoms with Crippen LogP contribution in [0.2, 0.25) is 5.02 Å². The zero-order valence-corrected chi connectivity index (χ0v) is 15.6. The molecule has 5 heteroatoms. The topological polar surface area (TPSA) is 30.5 Å². The molecule has 1 heterocycles. The first kappa shape index (κ1) is 17.8. The molecule has 25 heavy (non-hydrogen) atoms. The van der Waals surface area contributed by atoms with E-state index in [2.05, 4.69) is 22.8 Å². The molecule has 0 fully saturated rings. The lowest BCUT2D eigenvalue weighted by molar-refractivity contribution is 0.284. The first-order valence-corrected chi connectivity index (χ1v) is 9.28. The molecule has 0 aliphatic heterocycles. The minimum Gasteiger partial charge on any atom is -0.493 e. The molecule has 0 spiro atoms. The molecule has 0 saturated carbocycles. The van der Waals surface area contributed by atoms with E-state index in [9.17, 15) is 0 Å². The van der Waals surface area contributed by atoms with Crippen molar-refractivity contribution in [2.75, 3.05) is 7.11 Å². The van der Waals surface area contributed by atoms with Crippen molar-refractivity contribution in [2.24, 2.45) is 0 Å². The highest BCUT2D eigenvalue weighted by molar-refractivity contribution is 7.09. The SMILES string of the molecule is COc1cc(CNCc2cccs2)cc(Cl)c1OCc1ccccc1. The summed E-state index contributed by atoms with van der Waals surface area (Å²) >= 11 is 8.17. The monoisotopic (exact) mass is 373 g/mol. The van der Waals surface area contributed by atoms with Crippen LogP contribution < -0.4 is 14.8 Å². The van der Waals surface area contributed by atoms with Crippen molar-refractivity contribution in [3.8, 4) is 11.5 Å². The lowest BCUT2D eigenvalue weighted by Gasteiger charge is -2.14. The average Bonchev–Trinajstić information content (AvgIpc) is 3.15. The Bertz CT molecular complexity index is 791. The molecular weight excluding hydrogens is 354 g/mol. The molecule has 1 N–H and O–H groups in total. The maximum Gasteiger partial charge on any atom is 0.180 e. The average molecular weight is 374 g/mol. The zero-order chi connectivity index (χ0) is 17.5. The van der Waals surface area contributed by atoms with Crippen molar-refractivity contribution in [2.45, 2.75) is 19.7 Å². The molecule has 0 aliphatic rings. The van der Waals surface area contributed by atoms with E-state index in [0.717, 1.165) is 17.7 Å². The summed E-state index contributed by atoms with van der Waals surface area (Å²) in [5, 5.41) is 6.05. The van der Waals surface area contributed by atoms with Crippen LogP contribution in [0.4, 0.5) is 0 Å². The van der Waals surface area contributed by atoms with Gasteiger partial charge in [-0.3, -0.25) is 0 Å². The summed E-state index contributed by atoms with van der Waals surface area (Å²) in [5.41, 5.74) is 2.15. The second-order valence-corrected chi connectivity index (χ2v) is 7.01. The van der Waals surface area contributed by atoms with Gasteiger partial charge in [0, 0.05) is 18.0 Å². The standard InChI is InChI=1S/C20H20ClNO2S/c1-23-19-11-16(12-22-13-17-8-5-9-25-17)10-18(21)20(19)24-14-15-6-3-2-4-7-15/h2-11,22H,12-14H2,1H3. The van der Waals surface area contributed by atoms with Crippen LogP contribution in [0.15, 0.2) is 60.0 Å². The van der Waals surface area contributed by atoms with Gasteiger partial charge in [-0.25, -0.2) is 0 Å². The van der Waals surface area contributed by atoms with Crippen LogP contribution in [0.5, 0.6) is 11.5 Å². The van der Waals surface area contributed by atoms with Gasteiger partial charge in [-0.2, -0.15) is 0 Å². The van der Waals surface area contributed by atoms with Crippen LogP contribution in [-0.2, 0) is 19.7 Å². The summed E-state index contributed by atoms with van der Waals surface area (Å²) in [6, 6.07) is 18.0. The molecular formula is C20H20ClNO2S. The summed E-state index contributed by atoms with van der Waals surface area (Å²) in [6.07, 6.45) is 0. The van der Waals surface area contributed by atoms with Crippen molar-refractivity contribution in [1.29, 1.82) is 0 Å². The van der Waals surface area contributed by atoms with Crippen LogP contribution in [-0.4, -0.2) is 7.11 Å². The van der Waals surface area contributed by atoms with Crippen molar-refractivity contribution < 1.29 is 9.47 Å². The first-order valence-electron chi connectivity index (χ1n) is 8.02. The minimum atomic E-state index is 0.451. The van der Waals surface area contributed by atoms with Crippen molar-refractivity contribution in [1.82, 2.24) is 5.32 Å². The largest absolute Gasteiger partial charge is 0.493 e. The zero-order valence-electron chi connectivity index (χ0n) is 14.0. The number of hydrogen-bond donors (Lipinski definition) is 1. The first-order chi connectivity index (χ1) is 12.3. The van der Waals surface area contributed by atoms with E-state index < -0.39 is 0 Å². The molecule has 3 nitrogen and oxygen atoms in total. The molecule has 0 aliphatic carbocycles. The predicted octanol–water partition coefficient (Wildman–Crippen LogP) is 5.28. The van der Waals surface area contributed by atoms with Gasteiger partial charge in [0.25, 0.3) is 0 Å². The normalized spacial score (nSPS) is 10.6. The summed E-state index contributed by atoms with van der Waals surface area (Å²) < 4.78 is 11.4. The second kappa shape index (κ2) is 8.90. The van der Waals surface area contributed by atoms with Gasteiger partial charge in [-0.05, 0) is 34.7 Å². The molecule has 0 amide bonds. The second-order valence-electron chi connectivity index (χ2n) is 5.57. The molecule has 0 saturated heterocycles. The molecule has 0 unspecified atom stereocenters. The summed E-state index contributed by atoms with van der Waals surface area (Å²) in [6.45, 7) is 2.00. The van der Waals surface area contributed by atoms with E-state index in [4.69, 9.17) is 21.1 Å². The highest BCUT2D eigenvalue weighted by atomic mass is 35.5. The van der Waals surface area contributed by atoms with Gasteiger partial charge >= 0.3 is 0 Å². The molecule has 0 radical (unpaired) electrons. The number of nitrogens with one attached hydrogen (secondary N) is 1. The van der Waals surface area contributed by atoms with E-state index in [1.807, 2.05) is 42.5 Å². The quantitative estimate of drug-likeness (QED) is 0.582. The fourth-order valence-corrected chi connectivity index (χ4v) is 3.45. The number of halogens is 1. The number of methoxy groups -OCH3 is 1. The molecule has 1 aromatic heterocycles. The van der Waals surface area contributed by atoms with Crippen LogP contribution in [0.1, 0.15) is 16.0 Å². The Morgan fingerprint density at radius 1 is 1.00 bits per heavy atom. The smallest absolute Gasteiger partial charge is 0.180 e. The van der Waals surface area contributed by atoms with Crippen molar-refractivity contribution in [3.63, 3.8) is 0 Å². The lowest BCUT2D eigenvalue weighted by Crippen LogP contribution is -2.12. The number of hydrogen-bond acceptors (Lipinski definition) is 4. The number of ether oxygens (including phenoxy) is 2. The van der Waals surface area contributed by atoms with E-state index in [1.54, 1.807) is 18.4 Å². The van der Waals surface area contributed by atoms with E-state index >= 15 is 0 Å². The minimum absolute atomic E-state index is 0.451. The third-order valence-corrected chi connectivity index (χ3v) is 4.88. The van der Waals surface area contributed by atoms with Crippen LogP contribution in [0, 0.1) is 0 Å². The van der Waals surface area contributed by atoms with E-state index in [1.165, 1.54) is 4.88 Å². The van der Waals surface area contributed by atoms with Gasteiger partial charge in [0.1, 0.15) is 6.61 Å². The Labute approximate surface area is 157 Å². The maximum absolute atomic E-state index is 6.43. The van der Waals surface area contributed by atoms with Crippen molar-refractivity contribution >= 4 is 22.9 Å². The predicted molar refractivity (Wildman–Crippen MR) is 104 cm³/mol. The Hall–Kier alpha value is -2.01. The Balaban J connectivity index is 1.65. The van der Waals surface area contributed by atoms with Gasteiger partial charge in [0.15, 0.2) is 11.5 Å². The summed E-state index contributed by atoms with van der Waals surface area (Å²) in [7, 11) is 1.63. The van der Waals surface area contributed by atoms with Crippen molar-refractivity contribution in [3.05, 3.63) is 81.0 Å². The van der Waals surface area contributed by atoms with Gasteiger partial charge in [-0.1, -0.05) is 48.0 Å². The molecule has 130 valence electrons. The summed E-state index contributed by atoms with van der Waals surface area (Å²) in [4.78, 5) is 1.31. The molecule has 0 atom stereocenters. The third-order valence-electron chi connectivity index (χ3n) is 3.72. The van der Waals surface area contributed by atoms with Gasteiger partial charge < -0.3 is 14.8 Å². The lowest BCUT2D eigenvalue weighted by atomic mass is 10.2. The Morgan fingerprint density at radius 2 is 1.84 bits per heavy atom. The van der Waals surface area contributed by atoms with Crippen LogP contribution in [0.3, 0.4) is 0 Å².